The van der Waals surface area contributed by atoms with Crippen molar-refractivity contribution in [2.45, 2.75) is 33.6 Å². The summed E-state index contributed by atoms with van der Waals surface area (Å²) in [6.07, 6.45) is 2.68. The number of rotatable bonds is 3. The van der Waals surface area contributed by atoms with E-state index in [4.69, 9.17) is 0 Å². The molecule has 0 unspecified atom stereocenters. The highest BCUT2D eigenvalue weighted by atomic mass is 14.5. The van der Waals surface area contributed by atoms with Crippen LogP contribution in [-0.4, -0.2) is 0 Å². The predicted octanol–water partition coefficient (Wildman–Crippen LogP) is 3.91. The van der Waals surface area contributed by atoms with Gasteiger partial charge in [-0.2, -0.15) is 0 Å². The molecule has 2 rings (SSSR count). The van der Waals surface area contributed by atoms with Gasteiger partial charge in [-0.25, -0.2) is 0 Å². The van der Waals surface area contributed by atoms with Gasteiger partial charge >= 0.3 is 0 Å². The van der Waals surface area contributed by atoms with E-state index in [0.29, 0.717) is 5.41 Å². The summed E-state index contributed by atoms with van der Waals surface area (Å²) >= 11 is 0. The molecule has 1 aliphatic carbocycles. The molecule has 1 aromatic rings. The van der Waals surface area contributed by atoms with Crippen molar-refractivity contribution in [2.75, 3.05) is 0 Å². The van der Waals surface area contributed by atoms with Gasteiger partial charge in [0, 0.05) is 0 Å². The first-order valence-electron chi connectivity index (χ1n) is 5.66. The third kappa shape index (κ3) is 1.84. The number of benzene rings is 1. The Morgan fingerprint density at radius 3 is 2.43 bits per heavy atom. The SMILES string of the molecule is CC(C)[C@@H]1C[C@]1(C)Cc1ccccc1. The molecule has 0 N–H and O–H groups in total. The Bertz CT molecular complexity index is 299. The first-order chi connectivity index (χ1) is 6.62. The molecule has 0 bridgehead atoms. The normalized spacial score (nSPS) is 30.7. The topological polar surface area (TPSA) is 0 Å². The summed E-state index contributed by atoms with van der Waals surface area (Å²) in [6.45, 7) is 7.13. The van der Waals surface area contributed by atoms with Crippen molar-refractivity contribution >= 4 is 0 Å². The molecule has 0 aromatic heterocycles. The maximum atomic E-state index is 2.44. The zero-order valence-corrected chi connectivity index (χ0v) is 9.46. The van der Waals surface area contributed by atoms with Gasteiger partial charge in [-0.3, -0.25) is 0 Å². The first kappa shape index (κ1) is 9.76. The Balaban J connectivity index is 2.00. The lowest BCUT2D eigenvalue weighted by Crippen LogP contribution is -2.06. The predicted molar refractivity (Wildman–Crippen MR) is 61.2 cm³/mol. The summed E-state index contributed by atoms with van der Waals surface area (Å²) in [7, 11) is 0. The van der Waals surface area contributed by atoms with E-state index >= 15 is 0 Å². The maximum absolute atomic E-state index is 2.44. The van der Waals surface area contributed by atoms with E-state index in [1.165, 1.54) is 18.4 Å². The van der Waals surface area contributed by atoms with Gasteiger partial charge in [0.2, 0.25) is 0 Å². The van der Waals surface area contributed by atoms with Crippen LogP contribution in [0, 0.1) is 17.3 Å². The second kappa shape index (κ2) is 3.42. The first-order valence-corrected chi connectivity index (χ1v) is 5.66. The summed E-state index contributed by atoms with van der Waals surface area (Å²) in [4.78, 5) is 0. The van der Waals surface area contributed by atoms with Crippen LogP contribution in [0.3, 0.4) is 0 Å². The van der Waals surface area contributed by atoms with Crippen LogP contribution in [0.2, 0.25) is 0 Å². The standard InChI is InChI=1S/C14H20/c1-11(2)13-10-14(13,3)9-12-7-5-4-6-8-12/h4-8,11,13H,9-10H2,1-3H3/t13-,14-/m0/s1. The Kier molecular flexibility index (Phi) is 2.38. The van der Waals surface area contributed by atoms with Gasteiger partial charge in [0.25, 0.3) is 0 Å². The smallest absolute Gasteiger partial charge is 0.0222 e. The largest absolute Gasteiger partial charge is 0.0625 e. The fourth-order valence-corrected chi connectivity index (χ4v) is 2.75. The second-order valence-corrected chi connectivity index (χ2v) is 5.37. The minimum Gasteiger partial charge on any atom is -0.0625 e. The van der Waals surface area contributed by atoms with Crippen LogP contribution in [-0.2, 0) is 6.42 Å². The Labute approximate surface area is 87.3 Å². The van der Waals surface area contributed by atoms with E-state index in [2.05, 4.69) is 51.1 Å². The Hall–Kier alpha value is -0.780. The van der Waals surface area contributed by atoms with Gasteiger partial charge in [0.1, 0.15) is 0 Å². The molecule has 0 aliphatic heterocycles. The zero-order valence-electron chi connectivity index (χ0n) is 9.46. The fraction of sp³-hybridized carbons (Fsp3) is 0.571. The second-order valence-electron chi connectivity index (χ2n) is 5.37. The molecular formula is C14H20. The van der Waals surface area contributed by atoms with Crippen molar-refractivity contribution in [3.05, 3.63) is 35.9 Å². The van der Waals surface area contributed by atoms with Crippen molar-refractivity contribution in [3.63, 3.8) is 0 Å². The van der Waals surface area contributed by atoms with Gasteiger partial charge in [-0.05, 0) is 35.7 Å². The van der Waals surface area contributed by atoms with Gasteiger partial charge in [-0.1, -0.05) is 51.1 Å². The lowest BCUT2D eigenvalue weighted by atomic mass is 9.92. The molecule has 1 aliphatic rings. The number of hydrogen-bond acceptors (Lipinski definition) is 0. The van der Waals surface area contributed by atoms with E-state index in [9.17, 15) is 0 Å². The van der Waals surface area contributed by atoms with Crippen LogP contribution < -0.4 is 0 Å². The van der Waals surface area contributed by atoms with Crippen LogP contribution in [0.15, 0.2) is 30.3 Å². The van der Waals surface area contributed by atoms with Crippen molar-refractivity contribution in [2.24, 2.45) is 17.3 Å². The minimum absolute atomic E-state index is 0.593. The van der Waals surface area contributed by atoms with Gasteiger partial charge < -0.3 is 0 Å². The summed E-state index contributed by atoms with van der Waals surface area (Å²) in [5, 5.41) is 0. The van der Waals surface area contributed by atoms with Crippen molar-refractivity contribution in [3.8, 4) is 0 Å². The third-order valence-electron chi connectivity index (χ3n) is 3.68. The third-order valence-corrected chi connectivity index (χ3v) is 3.68. The lowest BCUT2D eigenvalue weighted by Gasteiger charge is -2.13. The van der Waals surface area contributed by atoms with Crippen molar-refractivity contribution in [1.82, 2.24) is 0 Å². The van der Waals surface area contributed by atoms with E-state index in [1.807, 2.05) is 0 Å². The van der Waals surface area contributed by atoms with Gasteiger partial charge in [-0.15, -0.1) is 0 Å². The summed E-state index contributed by atoms with van der Waals surface area (Å²) in [5.41, 5.74) is 2.09. The Morgan fingerprint density at radius 2 is 1.93 bits per heavy atom. The summed E-state index contributed by atoms with van der Waals surface area (Å²) in [6, 6.07) is 10.9. The van der Waals surface area contributed by atoms with Crippen LogP contribution in [0.1, 0.15) is 32.8 Å². The summed E-state index contributed by atoms with van der Waals surface area (Å²) in [5.74, 6) is 1.80. The molecule has 0 heterocycles. The van der Waals surface area contributed by atoms with Crippen LogP contribution in [0.5, 0.6) is 0 Å². The molecule has 1 saturated carbocycles. The highest BCUT2D eigenvalue weighted by molar-refractivity contribution is 5.19. The average Bonchev–Trinajstić information content (AvgIpc) is 2.79. The molecule has 76 valence electrons. The fourth-order valence-electron chi connectivity index (χ4n) is 2.75. The molecule has 1 aromatic carbocycles. The van der Waals surface area contributed by atoms with Crippen LogP contribution in [0.25, 0.3) is 0 Å². The quantitative estimate of drug-likeness (QED) is 0.674. The molecule has 0 heteroatoms. The average molecular weight is 188 g/mol. The molecule has 0 amide bonds. The lowest BCUT2D eigenvalue weighted by molar-refractivity contribution is 0.420. The van der Waals surface area contributed by atoms with Crippen molar-refractivity contribution in [1.29, 1.82) is 0 Å². The van der Waals surface area contributed by atoms with Gasteiger partial charge in [0.05, 0.1) is 0 Å². The molecule has 1 fully saturated rings. The molecule has 0 radical (unpaired) electrons. The van der Waals surface area contributed by atoms with Crippen molar-refractivity contribution < 1.29 is 0 Å². The monoisotopic (exact) mass is 188 g/mol. The maximum Gasteiger partial charge on any atom is -0.0222 e. The highest BCUT2D eigenvalue weighted by Gasteiger charge is 2.50. The van der Waals surface area contributed by atoms with E-state index < -0.39 is 0 Å². The summed E-state index contributed by atoms with van der Waals surface area (Å²) < 4.78 is 0. The molecule has 0 saturated heterocycles. The van der Waals surface area contributed by atoms with E-state index in [0.717, 1.165) is 11.8 Å². The van der Waals surface area contributed by atoms with E-state index in [1.54, 1.807) is 0 Å². The molecule has 2 atom stereocenters. The highest BCUT2D eigenvalue weighted by Crippen LogP contribution is 2.57. The Morgan fingerprint density at radius 1 is 1.29 bits per heavy atom. The molecule has 14 heavy (non-hydrogen) atoms. The minimum atomic E-state index is 0.593. The zero-order chi connectivity index (χ0) is 10.2. The number of hydrogen-bond donors (Lipinski definition) is 0. The van der Waals surface area contributed by atoms with Crippen LogP contribution >= 0.6 is 0 Å². The van der Waals surface area contributed by atoms with Crippen LogP contribution in [0.4, 0.5) is 0 Å². The van der Waals surface area contributed by atoms with E-state index in [-0.39, 0.29) is 0 Å². The molecule has 0 nitrogen and oxygen atoms in total. The molecular weight excluding hydrogens is 168 g/mol. The molecule has 0 spiro atoms. The van der Waals surface area contributed by atoms with Gasteiger partial charge in [0.15, 0.2) is 0 Å².